The van der Waals surface area contributed by atoms with Crippen LogP contribution in [-0.4, -0.2) is 5.78 Å². The molecule has 19 heavy (non-hydrogen) atoms. The van der Waals surface area contributed by atoms with Crippen LogP contribution in [0.4, 0.5) is 0 Å². The highest BCUT2D eigenvalue weighted by Gasteiger charge is 1.95. The van der Waals surface area contributed by atoms with Crippen molar-refractivity contribution in [2.45, 2.75) is 71.1 Å². The SMILES string of the molecule is CC(=O)CCCCCCCCCCc1ccccc1. The molecule has 1 heteroatoms. The summed E-state index contributed by atoms with van der Waals surface area (Å²) in [5.74, 6) is 0.334. The van der Waals surface area contributed by atoms with Gasteiger partial charge in [0.2, 0.25) is 0 Å². The highest BCUT2D eigenvalue weighted by Crippen LogP contribution is 2.11. The predicted octanol–water partition coefficient (Wildman–Crippen LogP) is 5.33. The highest BCUT2D eigenvalue weighted by molar-refractivity contribution is 5.75. The molecule has 0 N–H and O–H groups in total. The van der Waals surface area contributed by atoms with Gasteiger partial charge in [0, 0.05) is 6.42 Å². The Hall–Kier alpha value is -1.11. The third-order valence-corrected chi connectivity index (χ3v) is 3.59. The summed E-state index contributed by atoms with van der Waals surface area (Å²) in [4.78, 5) is 10.8. The van der Waals surface area contributed by atoms with Crippen LogP contribution in [0.15, 0.2) is 30.3 Å². The largest absolute Gasteiger partial charge is 0.300 e. The highest BCUT2D eigenvalue weighted by atomic mass is 16.1. The first kappa shape index (κ1) is 15.9. The third-order valence-electron chi connectivity index (χ3n) is 3.59. The Balaban J connectivity index is 1.83. The van der Waals surface area contributed by atoms with E-state index in [2.05, 4.69) is 30.3 Å². The van der Waals surface area contributed by atoms with E-state index in [1.807, 2.05) is 0 Å². The van der Waals surface area contributed by atoms with Crippen LogP contribution >= 0.6 is 0 Å². The van der Waals surface area contributed by atoms with Crippen LogP contribution in [0.25, 0.3) is 0 Å². The van der Waals surface area contributed by atoms with E-state index in [1.54, 1.807) is 6.92 Å². The van der Waals surface area contributed by atoms with Gasteiger partial charge in [-0.3, -0.25) is 0 Å². The maximum Gasteiger partial charge on any atom is 0.129 e. The number of rotatable bonds is 11. The zero-order valence-corrected chi connectivity index (χ0v) is 12.4. The monoisotopic (exact) mass is 260 g/mol. The zero-order chi connectivity index (χ0) is 13.8. The number of benzene rings is 1. The van der Waals surface area contributed by atoms with E-state index in [4.69, 9.17) is 0 Å². The number of carbonyl (C=O) groups excluding carboxylic acids is 1. The summed E-state index contributed by atoms with van der Waals surface area (Å²) in [6.45, 7) is 1.69. The molecule has 0 fully saturated rings. The van der Waals surface area contributed by atoms with Gasteiger partial charge in [-0.05, 0) is 31.7 Å². The number of aryl methyl sites for hydroxylation is 1. The Kier molecular flexibility index (Phi) is 9.05. The van der Waals surface area contributed by atoms with Gasteiger partial charge in [0.1, 0.15) is 5.78 Å². The van der Waals surface area contributed by atoms with Gasteiger partial charge in [0.15, 0.2) is 0 Å². The molecule has 0 amide bonds. The number of hydrogen-bond donors (Lipinski definition) is 0. The van der Waals surface area contributed by atoms with Crippen LogP contribution < -0.4 is 0 Å². The fourth-order valence-electron chi connectivity index (χ4n) is 2.41. The fraction of sp³-hybridized carbons (Fsp3) is 0.611. The van der Waals surface area contributed by atoms with Crippen molar-refractivity contribution in [1.82, 2.24) is 0 Å². The van der Waals surface area contributed by atoms with Gasteiger partial charge in [-0.2, -0.15) is 0 Å². The average molecular weight is 260 g/mol. The third kappa shape index (κ3) is 9.47. The molecule has 0 atom stereocenters. The Bertz CT molecular complexity index is 329. The van der Waals surface area contributed by atoms with E-state index < -0.39 is 0 Å². The normalized spacial score (nSPS) is 10.6. The van der Waals surface area contributed by atoms with E-state index in [0.29, 0.717) is 5.78 Å². The number of ketones is 1. The molecular formula is C18H28O. The Morgan fingerprint density at radius 3 is 1.89 bits per heavy atom. The van der Waals surface area contributed by atoms with E-state index >= 15 is 0 Å². The lowest BCUT2D eigenvalue weighted by atomic mass is 10.0. The Labute approximate surface area is 118 Å². The molecule has 0 aromatic heterocycles. The zero-order valence-electron chi connectivity index (χ0n) is 12.4. The first-order valence-corrected chi connectivity index (χ1v) is 7.82. The van der Waals surface area contributed by atoms with E-state index in [9.17, 15) is 4.79 Å². The van der Waals surface area contributed by atoms with Crippen molar-refractivity contribution in [2.75, 3.05) is 0 Å². The molecule has 0 heterocycles. The molecule has 0 saturated carbocycles. The number of Topliss-reactive ketones (excluding diaryl/α,β-unsaturated/α-hetero) is 1. The minimum atomic E-state index is 0.334. The van der Waals surface area contributed by atoms with Crippen molar-refractivity contribution < 1.29 is 4.79 Å². The standard InChI is InChI=1S/C18H28O/c1-17(19)13-9-6-4-2-3-5-7-10-14-18-15-11-8-12-16-18/h8,11-12,15-16H,2-7,9-10,13-14H2,1H3. The molecule has 1 rings (SSSR count). The van der Waals surface area contributed by atoms with Crippen LogP contribution in [-0.2, 0) is 11.2 Å². The average Bonchev–Trinajstić information content (AvgIpc) is 2.42. The Morgan fingerprint density at radius 1 is 0.789 bits per heavy atom. The lowest BCUT2D eigenvalue weighted by Gasteiger charge is -2.02. The molecule has 1 aromatic rings. The van der Waals surface area contributed by atoms with Crippen molar-refractivity contribution in [1.29, 1.82) is 0 Å². The van der Waals surface area contributed by atoms with Gasteiger partial charge in [-0.25, -0.2) is 0 Å². The van der Waals surface area contributed by atoms with Crippen LogP contribution in [0, 0.1) is 0 Å². The second kappa shape index (κ2) is 10.8. The molecule has 0 aliphatic heterocycles. The van der Waals surface area contributed by atoms with Gasteiger partial charge in [-0.1, -0.05) is 68.9 Å². The Morgan fingerprint density at radius 2 is 1.32 bits per heavy atom. The smallest absolute Gasteiger partial charge is 0.129 e. The lowest BCUT2D eigenvalue weighted by molar-refractivity contribution is -0.117. The first-order valence-electron chi connectivity index (χ1n) is 7.82. The molecule has 1 aromatic carbocycles. The lowest BCUT2D eigenvalue weighted by Crippen LogP contribution is -1.89. The minimum absolute atomic E-state index is 0.334. The van der Waals surface area contributed by atoms with Gasteiger partial charge < -0.3 is 4.79 Å². The van der Waals surface area contributed by atoms with Crippen LogP contribution in [0.1, 0.15) is 70.3 Å². The fourth-order valence-corrected chi connectivity index (χ4v) is 2.41. The molecule has 0 bridgehead atoms. The van der Waals surface area contributed by atoms with E-state index in [1.165, 1.54) is 56.9 Å². The van der Waals surface area contributed by atoms with Gasteiger partial charge in [0.05, 0.1) is 0 Å². The molecule has 0 radical (unpaired) electrons. The number of unbranched alkanes of at least 4 members (excludes halogenated alkanes) is 7. The summed E-state index contributed by atoms with van der Waals surface area (Å²) in [7, 11) is 0. The topological polar surface area (TPSA) is 17.1 Å². The van der Waals surface area contributed by atoms with Gasteiger partial charge in [-0.15, -0.1) is 0 Å². The number of hydrogen-bond acceptors (Lipinski definition) is 1. The predicted molar refractivity (Wildman–Crippen MR) is 82.4 cm³/mol. The van der Waals surface area contributed by atoms with Crippen molar-refractivity contribution in [2.24, 2.45) is 0 Å². The van der Waals surface area contributed by atoms with E-state index in [0.717, 1.165) is 12.8 Å². The van der Waals surface area contributed by atoms with Crippen molar-refractivity contribution in [3.05, 3.63) is 35.9 Å². The van der Waals surface area contributed by atoms with Crippen molar-refractivity contribution in [3.8, 4) is 0 Å². The van der Waals surface area contributed by atoms with Crippen molar-refractivity contribution in [3.63, 3.8) is 0 Å². The molecule has 0 aliphatic carbocycles. The molecule has 0 unspecified atom stereocenters. The molecule has 0 spiro atoms. The van der Waals surface area contributed by atoms with E-state index in [-0.39, 0.29) is 0 Å². The van der Waals surface area contributed by atoms with Gasteiger partial charge in [0.25, 0.3) is 0 Å². The second-order valence-corrected chi connectivity index (χ2v) is 5.52. The summed E-state index contributed by atoms with van der Waals surface area (Å²) in [5, 5.41) is 0. The summed E-state index contributed by atoms with van der Waals surface area (Å²) in [6, 6.07) is 10.8. The summed E-state index contributed by atoms with van der Waals surface area (Å²) >= 11 is 0. The van der Waals surface area contributed by atoms with Crippen LogP contribution in [0.5, 0.6) is 0 Å². The molecule has 0 saturated heterocycles. The van der Waals surface area contributed by atoms with Gasteiger partial charge >= 0.3 is 0 Å². The minimum Gasteiger partial charge on any atom is -0.300 e. The summed E-state index contributed by atoms with van der Waals surface area (Å²) in [5.41, 5.74) is 1.46. The first-order chi connectivity index (χ1) is 9.29. The molecule has 106 valence electrons. The van der Waals surface area contributed by atoms with Crippen LogP contribution in [0.2, 0.25) is 0 Å². The van der Waals surface area contributed by atoms with Crippen LogP contribution in [0.3, 0.4) is 0 Å². The maximum absolute atomic E-state index is 10.8. The molecule has 0 aliphatic rings. The quantitative estimate of drug-likeness (QED) is 0.491. The summed E-state index contributed by atoms with van der Waals surface area (Å²) < 4.78 is 0. The maximum atomic E-state index is 10.8. The second-order valence-electron chi connectivity index (χ2n) is 5.52. The molecular weight excluding hydrogens is 232 g/mol. The van der Waals surface area contributed by atoms with Crippen molar-refractivity contribution >= 4 is 5.78 Å². The number of carbonyl (C=O) groups is 1. The summed E-state index contributed by atoms with van der Waals surface area (Å²) in [6.07, 6.45) is 12.3. The molecule has 1 nitrogen and oxygen atoms in total.